The lowest BCUT2D eigenvalue weighted by Crippen LogP contribution is -2.35. The van der Waals surface area contributed by atoms with Crippen molar-refractivity contribution in [3.05, 3.63) is 30.6 Å². The highest BCUT2D eigenvalue weighted by atomic mass is 16.3. The van der Waals surface area contributed by atoms with Crippen LogP contribution in [0.3, 0.4) is 0 Å². The molecule has 1 amide bonds. The van der Waals surface area contributed by atoms with E-state index >= 15 is 0 Å². The predicted molar refractivity (Wildman–Crippen MR) is 69.1 cm³/mol. The lowest BCUT2D eigenvalue weighted by Gasteiger charge is -2.19. The molecule has 5 nitrogen and oxygen atoms in total. The Morgan fingerprint density at radius 1 is 1.44 bits per heavy atom. The van der Waals surface area contributed by atoms with Gasteiger partial charge in [0.25, 0.3) is 0 Å². The summed E-state index contributed by atoms with van der Waals surface area (Å²) in [6.07, 6.45) is 1.68. The van der Waals surface area contributed by atoms with Gasteiger partial charge in [0.2, 0.25) is 5.91 Å². The van der Waals surface area contributed by atoms with Crippen LogP contribution in [-0.4, -0.2) is 45.2 Å². The van der Waals surface area contributed by atoms with Crippen LogP contribution in [0.1, 0.15) is 6.92 Å². The summed E-state index contributed by atoms with van der Waals surface area (Å²) in [4.78, 5) is 17.9. The smallest absolute Gasteiger partial charge is 0.242 e. The van der Waals surface area contributed by atoms with Gasteiger partial charge in [-0.2, -0.15) is 0 Å². The van der Waals surface area contributed by atoms with E-state index in [2.05, 4.69) is 4.98 Å². The van der Waals surface area contributed by atoms with E-state index in [0.29, 0.717) is 13.1 Å². The van der Waals surface area contributed by atoms with Crippen LogP contribution < -0.4 is 0 Å². The van der Waals surface area contributed by atoms with Gasteiger partial charge in [0.05, 0.1) is 24.0 Å². The lowest BCUT2D eigenvalue weighted by molar-refractivity contribution is -0.132. The first-order valence-electron chi connectivity index (χ1n) is 6.04. The van der Waals surface area contributed by atoms with Gasteiger partial charge in [-0.1, -0.05) is 12.1 Å². The van der Waals surface area contributed by atoms with E-state index in [9.17, 15) is 4.79 Å². The number of hydrogen-bond acceptors (Lipinski definition) is 3. The lowest BCUT2D eigenvalue weighted by atomic mass is 10.3. The minimum absolute atomic E-state index is 0.00490. The zero-order valence-corrected chi connectivity index (χ0v) is 10.4. The molecule has 18 heavy (non-hydrogen) atoms. The summed E-state index contributed by atoms with van der Waals surface area (Å²) >= 11 is 0. The summed E-state index contributed by atoms with van der Waals surface area (Å²) in [5.74, 6) is -0.00490. The van der Waals surface area contributed by atoms with Crippen molar-refractivity contribution in [1.82, 2.24) is 14.5 Å². The van der Waals surface area contributed by atoms with Crippen molar-refractivity contribution in [3.63, 3.8) is 0 Å². The SMILES string of the molecule is CCN(CCO)C(=O)Cn1cnc2ccccc21. The van der Waals surface area contributed by atoms with Gasteiger partial charge in [-0.05, 0) is 19.1 Å². The van der Waals surface area contributed by atoms with Crippen molar-refractivity contribution in [2.45, 2.75) is 13.5 Å². The molecule has 0 aliphatic heterocycles. The maximum absolute atomic E-state index is 12.0. The average molecular weight is 247 g/mol. The number of amides is 1. The normalized spacial score (nSPS) is 10.8. The number of benzene rings is 1. The number of hydrogen-bond donors (Lipinski definition) is 1. The number of nitrogens with zero attached hydrogens (tertiary/aromatic N) is 3. The number of para-hydroxylation sites is 2. The van der Waals surface area contributed by atoms with E-state index in [4.69, 9.17) is 5.11 Å². The Labute approximate surface area is 106 Å². The molecular weight excluding hydrogens is 230 g/mol. The largest absolute Gasteiger partial charge is 0.395 e. The highest BCUT2D eigenvalue weighted by Gasteiger charge is 2.12. The Morgan fingerprint density at radius 2 is 2.22 bits per heavy atom. The van der Waals surface area contributed by atoms with Gasteiger partial charge in [-0.3, -0.25) is 4.79 Å². The summed E-state index contributed by atoms with van der Waals surface area (Å²) in [5, 5.41) is 8.90. The van der Waals surface area contributed by atoms with Crippen LogP contribution in [0.2, 0.25) is 0 Å². The maximum atomic E-state index is 12.0. The Morgan fingerprint density at radius 3 is 2.94 bits per heavy atom. The number of aliphatic hydroxyl groups excluding tert-OH is 1. The molecule has 1 heterocycles. The molecule has 2 rings (SSSR count). The summed E-state index contributed by atoms with van der Waals surface area (Å²) < 4.78 is 1.83. The molecule has 0 fully saturated rings. The van der Waals surface area contributed by atoms with Gasteiger partial charge < -0.3 is 14.6 Å². The number of imidazole rings is 1. The fourth-order valence-electron chi connectivity index (χ4n) is 1.96. The minimum Gasteiger partial charge on any atom is -0.395 e. The van der Waals surface area contributed by atoms with Crippen LogP contribution in [0.25, 0.3) is 11.0 Å². The van der Waals surface area contributed by atoms with Gasteiger partial charge >= 0.3 is 0 Å². The van der Waals surface area contributed by atoms with Crippen molar-refractivity contribution >= 4 is 16.9 Å². The third-order valence-electron chi connectivity index (χ3n) is 2.94. The molecule has 0 unspecified atom stereocenters. The second-order valence-electron chi connectivity index (χ2n) is 4.06. The van der Waals surface area contributed by atoms with E-state index in [0.717, 1.165) is 11.0 Å². The summed E-state index contributed by atoms with van der Waals surface area (Å²) in [5.41, 5.74) is 1.83. The van der Waals surface area contributed by atoms with Crippen molar-refractivity contribution in [1.29, 1.82) is 0 Å². The molecule has 0 atom stereocenters. The molecule has 96 valence electrons. The zero-order valence-electron chi connectivity index (χ0n) is 10.4. The van der Waals surface area contributed by atoms with E-state index in [1.54, 1.807) is 11.2 Å². The fourth-order valence-corrected chi connectivity index (χ4v) is 1.96. The maximum Gasteiger partial charge on any atom is 0.242 e. The molecule has 5 heteroatoms. The van der Waals surface area contributed by atoms with Gasteiger partial charge in [0.1, 0.15) is 6.54 Å². The number of aliphatic hydroxyl groups is 1. The first-order valence-corrected chi connectivity index (χ1v) is 6.04. The van der Waals surface area contributed by atoms with Crippen LogP contribution in [-0.2, 0) is 11.3 Å². The highest BCUT2D eigenvalue weighted by molar-refractivity contribution is 5.80. The number of aromatic nitrogens is 2. The topological polar surface area (TPSA) is 58.4 Å². The molecule has 0 saturated carbocycles. The first kappa shape index (κ1) is 12.6. The standard InChI is InChI=1S/C13H17N3O2/c1-2-15(7-8-17)13(18)9-16-10-14-11-5-3-4-6-12(11)16/h3-6,10,17H,2,7-9H2,1H3. The quantitative estimate of drug-likeness (QED) is 0.853. The van der Waals surface area contributed by atoms with E-state index in [-0.39, 0.29) is 19.1 Å². The van der Waals surface area contributed by atoms with Crippen molar-refractivity contribution in [2.75, 3.05) is 19.7 Å². The molecule has 0 spiro atoms. The van der Waals surface area contributed by atoms with Crippen molar-refractivity contribution < 1.29 is 9.90 Å². The molecule has 0 saturated heterocycles. The van der Waals surface area contributed by atoms with E-state index in [1.165, 1.54) is 0 Å². The third kappa shape index (κ3) is 2.51. The number of likely N-dealkylation sites (N-methyl/N-ethyl adjacent to an activating group) is 1. The molecule has 0 aliphatic carbocycles. The van der Waals surface area contributed by atoms with E-state index in [1.807, 2.05) is 35.8 Å². The average Bonchev–Trinajstić information content (AvgIpc) is 2.79. The molecule has 0 aliphatic rings. The molecular formula is C13H17N3O2. The zero-order chi connectivity index (χ0) is 13.0. The van der Waals surface area contributed by atoms with Crippen LogP contribution in [0.4, 0.5) is 0 Å². The molecule has 1 aromatic heterocycles. The predicted octanol–water partition coefficient (Wildman–Crippen LogP) is 0.877. The van der Waals surface area contributed by atoms with Gasteiger partial charge in [0.15, 0.2) is 0 Å². The second kappa shape index (κ2) is 5.64. The molecule has 0 radical (unpaired) electrons. The van der Waals surface area contributed by atoms with Crippen LogP contribution in [0, 0.1) is 0 Å². The van der Waals surface area contributed by atoms with Gasteiger partial charge in [-0.25, -0.2) is 4.98 Å². The Hall–Kier alpha value is -1.88. The van der Waals surface area contributed by atoms with Crippen LogP contribution >= 0.6 is 0 Å². The number of carbonyl (C=O) groups excluding carboxylic acids is 1. The fraction of sp³-hybridized carbons (Fsp3) is 0.385. The Bertz CT molecular complexity index is 536. The molecule has 0 bridgehead atoms. The minimum atomic E-state index is -0.00967. The molecule has 1 aromatic carbocycles. The molecule has 2 aromatic rings. The number of rotatable bonds is 5. The molecule has 1 N–H and O–H groups in total. The third-order valence-corrected chi connectivity index (χ3v) is 2.94. The van der Waals surface area contributed by atoms with Crippen LogP contribution in [0.15, 0.2) is 30.6 Å². The van der Waals surface area contributed by atoms with Crippen molar-refractivity contribution in [3.8, 4) is 0 Å². The monoisotopic (exact) mass is 247 g/mol. The van der Waals surface area contributed by atoms with Gasteiger partial charge in [-0.15, -0.1) is 0 Å². The summed E-state index contributed by atoms with van der Waals surface area (Å²) in [6, 6.07) is 7.71. The number of fused-ring (bicyclic) bond motifs is 1. The Kier molecular flexibility index (Phi) is 3.94. The summed E-state index contributed by atoms with van der Waals surface area (Å²) in [7, 11) is 0. The Balaban J connectivity index is 2.16. The highest BCUT2D eigenvalue weighted by Crippen LogP contribution is 2.11. The first-order chi connectivity index (χ1) is 8.76. The number of carbonyl (C=O) groups is 1. The van der Waals surface area contributed by atoms with E-state index < -0.39 is 0 Å². The van der Waals surface area contributed by atoms with Crippen molar-refractivity contribution in [2.24, 2.45) is 0 Å². The summed E-state index contributed by atoms with van der Waals surface area (Å²) in [6.45, 7) is 3.13. The van der Waals surface area contributed by atoms with Crippen LogP contribution in [0.5, 0.6) is 0 Å². The second-order valence-corrected chi connectivity index (χ2v) is 4.06. The van der Waals surface area contributed by atoms with Gasteiger partial charge in [0, 0.05) is 13.1 Å².